The lowest BCUT2D eigenvalue weighted by Gasteiger charge is -2.15. The number of methoxy groups -OCH3 is 1. The summed E-state index contributed by atoms with van der Waals surface area (Å²) in [6, 6.07) is 1.92. The lowest BCUT2D eigenvalue weighted by Crippen LogP contribution is -2.30. The minimum Gasteiger partial charge on any atom is -0.379 e. The normalized spacial score (nSPS) is 20.9. The molecule has 0 N–H and O–H groups in total. The van der Waals surface area contributed by atoms with Gasteiger partial charge in [0.15, 0.2) is 0 Å². The molecule has 2 atom stereocenters. The molecule has 7 heteroatoms. The van der Waals surface area contributed by atoms with E-state index < -0.39 is 0 Å². The quantitative estimate of drug-likeness (QED) is 0.848. The average molecular weight is 316 g/mol. The molecule has 0 aliphatic carbocycles. The van der Waals surface area contributed by atoms with Crippen molar-refractivity contribution in [2.75, 3.05) is 20.2 Å². The van der Waals surface area contributed by atoms with Gasteiger partial charge in [0.1, 0.15) is 11.5 Å². The first-order valence-electron chi connectivity index (χ1n) is 7.59. The molecule has 1 amide bonds. The summed E-state index contributed by atoms with van der Waals surface area (Å²) >= 11 is 0. The molecule has 3 rings (SSSR count). The van der Waals surface area contributed by atoms with E-state index in [9.17, 15) is 4.79 Å². The number of rotatable bonds is 4. The number of likely N-dealkylation sites (tertiary alicyclic amines) is 1. The molecular formula is C16H20N4O3. The summed E-state index contributed by atoms with van der Waals surface area (Å²) < 4.78 is 10.8. The molecular weight excluding hydrogens is 296 g/mol. The predicted molar refractivity (Wildman–Crippen MR) is 81.9 cm³/mol. The second-order valence-corrected chi connectivity index (χ2v) is 5.93. The first-order chi connectivity index (χ1) is 11.1. The Balaban J connectivity index is 1.70. The molecule has 1 saturated heterocycles. The van der Waals surface area contributed by atoms with Crippen molar-refractivity contribution >= 4 is 5.91 Å². The maximum absolute atomic E-state index is 12.6. The Morgan fingerprint density at radius 3 is 2.74 bits per heavy atom. The summed E-state index contributed by atoms with van der Waals surface area (Å²) in [7, 11) is 1.67. The Morgan fingerprint density at radius 1 is 1.30 bits per heavy atom. The minimum atomic E-state index is -0.115. The van der Waals surface area contributed by atoms with Crippen molar-refractivity contribution in [3.63, 3.8) is 0 Å². The predicted octanol–water partition coefficient (Wildman–Crippen LogP) is 1.41. The number of hydrogen-bond acceptors (Lipinski definition) is 6. The van der Waals surface area contributed by atoms with E-state index in [0.717, 1.165) is 17.1 Å². The first kappa shape index (κ1) is 15.6. The molecule has 3 heterocycles. The molecule has 0 saturated carbocycles. The van der Waals surface area contributed by atoms with Gasteiger partial charge in [0, 0.05) is 44.8 Å². The van der Waals surface area contributed by atoms with Crippen LogP contribution in [0.3, 0.4) is 0 Å². The van der Waals surface area contributed by atoms with Crippen LogP contribution in [0.2, 0.25) is 0 Å². The van der Waals surface area contributed by atoms with Crippen LogP contribution in [0.5, 0.6) is 0 Å². The van der Waals surface area contributed by atoms with Crippen LogP contribution in [-0.2, 0) is 11.2 Å². The topological polar surface area (TPSA) is 81.4 Å². The van der Waals surface area contributed by atoms with Crippen LogP contribution in [0.4, 0.5) is 0 Å². The molecule has 2 aromatic rings. The van der Waals surface area contributed by atoms with Gasteiger partial charge in [-0.05, 0) is 13.8 Å². The van der Waals surface area contributed by atoms with Gasteiger partial charge in [0.2, 0.25) is 0 Å². The monoisotopic (exact) mass is 316 g/mol. The van der Waals surface area contributed by atoms with E-state index in [4.69, 9.17) is 9.26 Å². The number of ether oxygens (including phenoxy) is 1. The number of hydrogen-bond donors (Lipinski definition) is 0. The average Bonchev–Trinajstić information content (AvgIpc) is 3.14. The largest absolute Gasteiger partial charge is 0.379 e. The van der Waals surface area contributed by atoms with E-state index in [0.29, 0.717) is 25.2 Å². The molecule has 0 radical (unpaired) electrons. The number of nitrogens with zero attached hydrogens (tertiary/aromatic N) is 4. The molecule has 0 spiro atoms. The maximum atomic E-state index is 12.6. The Kier molecular flexibility index (Phi) is 4.38. The number of carbonyl (C=O) groups is 1. The summed E-state index contributed by atoms with van der Waals surface area (Å²) in [6.07, 6.45) is 3.80. The third-order valence-electron chi connectivity index (χ3n) is 4.11. The van der Waals surface area contributed by atoms with E-state index in [1.54, 1.807) is 18.2 Å². The Hall–Kier alpha value is -2.28. The highest BCUT2D eigenvalue weighted by Crippen LogP contribution is 2.25. The molecule has 0 unspecified atom stereocenters. The van der Waals surface area contributed by atoms with E-state index in [2.05, 4.69) is 15.1 Å². The second-order valence-electron chi connectivity index (χ2n) is 5.93. The first-order valence-corrected chi connectivity index (χ1v) is 7.59. The lowest BCUT2D eigenvalue weighted by atomic mass is 10.0. The summed E-state index contributed by atoms with van der Waals surface area (Å²) in [5, 5.41) is 3.90. The number of carbonyl (C=O) groups excluding carboxylic acids is 1. The lowest BCUT2D eigenvalue weighted by molar-refractivity contribution is 0.0669. The van der Waals surface area contributed by atoms with E-state index in [-0.39, 0.29) is 17.9 Å². The van der Waals surface area contributed by atoms with Crippen LogP contribution in [0.25, 0.3) is 0 Å². The SMILES string of the molecule is CO[C@H]1CN(C(=O)c2cnc(C)cn2)C[C@H]1Cc1cc(C)no1. The zero-order chi connectivity index (χ0) is 16.4. The summed E-state index contributed by atoms with van der Waals surface area (Å²) in [4.78, 5) is 22.6. The fourth-order valence-corrected chi connectivity index (χ4v) is 2.91. The molecule has 1 aliphatic rings. The highest BCUT2D eigenvalue weighted by Gasteiger charge is 2.36. The van der Waals surface area contributed by atoms with Gasteiger partial charge in [-0.3, -0.25) is 9.78 Å². The summed E-state index contributed by atoms with van der Waals surface area (Å²) in [5.41, 5.74) is 2.01. The number of amides is 1. The summed E-state index contributed by atoms with van der Waals surface area (Å²) in [5.74, 6) is 0.879. The van der Waals surface area contributed by atoms with Gasteiger partial charge in [0.05, 0.1) is 23.7 Å². The Labute approximate surface area is 134 Å². The Bertz CT molecular complexity index is 683. The van der Waals surface area contributed by atoms with Crippen molar-refractivity contribution in [2.45, 2.75) is 26.4 Å². The molecule has 122 valence electrons. The molecule has 0 bridgehead atoms. The molecule has 7 nitrogen and oxygen atoms in total. The van der Waals surface area contributed by atoms with Crippen LogP contribution in [0, 0.1) is 19.8 Å². The van der Waals surface area contributed by atoms with Crippen molar-refractivity contribution in [3.8, 4) is 0 Å². The van der Waals surface area contributed by atoms with Gasteiger partial charge in [-0.1, -0.05) is 5.16 Å². The molecule has 23 heavy (non-hydrogen) atoms. The van der Waals surface area contributed by atoms with Crippen LogP contribution in [0.1, 0.15) is 27.6 Å². The van der Waals surface area contributed by atoms with Crippen molar-refractivity contribution in [1.82, 2.24) is 20.0 Å². The van der Waals surface area contributed by atoms with Gasteiger partial charge < -0.3 is 14.2 Å². The van der Waals surface area contributed by atoms with Crippen LogP contribution in [-0.4, -0.2) is 52.2 Å². The van der Waals surface area contributed by atoms with Crippen molar-refractivity contribution in [1.29, 1.82) is 0 Å². The summed E-state index contributed by atoms with van der Waals surface area (Å²) in [6.45, 7) is 4.88. The van der Waals surface area contributed by atoms with Crippen molar-refractivity contribution < 1.29 is 14.1 Å². The molecule has 2 aromatic heterocycles. The van der Waals surface area contributed by atoms with Crippen molar-refractivity contribution in [3.05, 3.63) is 41.3 Å². The van der Waals surface area contributed by atoms with Gasteiger partial charge in [-0.2, -0.15) is 0 Å². The standard InChI is InChI=1S/C16H20N4O3/c1-10-4-13(23-19-10)5-12-8-20(9-15(12)22-3)16(21)14-7-17-11(2)6-18-14/h4,6-7,12,15H,5,8-9H2,1-3H3/t12-,15+/m1/s1. The van der Waals surface area contributed by atoms with E-state index in [1.165, 1.54) is 6.20 Å². The van der Waals surface area contributed by atoms with Crippen LogP contribution >= 0.6 is 0 Å². The van der Waals surface area contributed by atoms with Crippen molar-refractivity contribution in [2.24, 2.45) is 5.92 Å². The van der Waals surface area contributed by atoms with Crippen LogP contribution < -0.4 is 0 Å². The highest BCUT2D eigenvalue weighted by molar-refractivity contribution is 5.92. The number of aryl methyl sites for hydroxylation is 2. The fraction of sp³-hybridized carbons (Fsp3) is 0.500. The minimum absolute atomic E-state index is 0.0252. The smallest absolute Gasteiger partial charge is 0.274 e. The second kappa shape index (κ2) is 6.45. The molecule has 1 fully saturated rings. The van der Waals surface area contributed by atoms with Gasteiger partial charge in [-0.25, -0.2) is 4.98 Å². The third-order valence-corrected chi connectivity index (χ3v) is 4.11. The van der Waals surface area contributed by atoms with Crippen LogP contribution in [0.15, 0.2) is 23.0 Å². The molecule has 0 aromatic carbocycles. The highest BCUT2D eigenvalue weighted by atomic mass is 16.5. The van der Waals surface area contributed by atoms with E-state index >= 15 is 0 Å². The number of aromatic nitrogens is 3. The fourth-order valence-electron chi connectivity index (χ4n) is 2.91. The zero-order valence-electron chi connectivity index (χ0n) is 13.5. The molecule has 1 aliphatic heterocycles. The van der Waals surface area contributed by atoms with E-state index in [1.807, 2.05) is 19.9 Å². The van der Waals surface area contributed by atoms with Gasteiger partial charge >= 0.3 is 0 Å². The van der Waals surface area contributed by atoms with Gasteiger partial charge in [-0.15, -0.1) is 0 Å². The zero-order valence-corrected chi connectivity index (χ0v) is 13.5. The maximum Gasteiger partial charge on any atom is 0.274 e. The Morgan fingerprint density at radius 2 is 2.13 bits per heavy atom. The third kappa shape index (κ3) is 3.39. The van der Waals surface area contributed by atoms with Gasteiger partial charge in [0.25, 0.3) is 5.91 Å².